The summed E-state index contributed by atoms with van der Waals surface area (Å²) in [5.74, 6) is 0.842. The lowest BCUT2D eigenvalue weighted by Crippen LogP contribution is -1.99. The summed E-state index contributed by atoms with van der Waals surface area (Å²) in [6, 6.07) is 68.3. The van der Waals surface area contributed by atoms with Crippen molar-refractivity contribution in [3.05, 3.63) is 200 Å². The Balaban J connectivity index is 1.03. The first-order valence-electron chi connectivity index (χ1n) is 22.2. The van der Waals surface area contributed by atoms with Gasteiger partial charge in [0.05, 0.1) is 50.2 Å². The number of aromatic nitrogens is 5. The fourth-order valence-electron chi connectivity index (χ4n) is 10.6. The van der Waals surface area contributed by atoms with Gasteiger partial charge in [-0.25, -0.2) is 9.97 Å². The molecule has 15 aromatic rings. The number of hydrogen-bond acceptors (Lipinski definition) is 5. The van der Waals surface area contributed by atoms with Crippen LogP contribution in [0.25, 0.3) is 143 Å². The maximum absolute atomic E-state index is 6.28. The van der Waals surface area contributed by atoms with Crippen molar-refractivity contribution < 1.29 is 8.83 Å². The number of pyridine rings is 3. The van der Waals surface area contributed by atoms with Crippen LogP contribution in [0.15, 0.2) is 209 Å². The lowest BCUT2D eigenvalue weighted by atomic mass is 10.0. The van der Waals surface area contributed by atoms with E-state index in [1.165, 1.54) is 5.39 Å². The molecule has 0 atom stereocenters. The zero-order valence-corrected chi connectivity index (χ0v) is 35.1. The molecule has 306 valence electrons. The number of nitrogens with zero attached hydrogens (tertiary/aromatic N) is 5. The molecule has 0 fully saturated rings. The van der Waals surface area contributed by atoms with E-state index in [2.05, 4.69) is 173 Å². The minimum atomic E-state index is 0.842. The van der Waals surface area contributed by atoms with Gasteiger partial charge >= 0.3 is 0 Å². The van der Waals surface area contributed by atoms with Crippen molar-refractivity contribution in [2.45, 2.75) is 0 Å². The highest BCUT2D eigenvalue weighted by atomic mass is 16.3. The van der Waals surface area contributed by atoms with E-state index in [-0.39, 0.29) is 0 Å². The molecule has 7 heteroatoms. The second-order valence-corrected chi connectivity index (χ2v) is 17.2. The average molecular weight is 844 g/mol. The molecule has 0 aliphatic rings. The van der Waals surface area contributed by atoms with Crippen molar-refractivity contribution in [1.82, 2.24) is 24.1 Å². The number of furan rings is 2. The molecule has 0 unspecified atom stereocenters. The van der Waals surface area contributed by atoms with Gasteiger partial charge in [-0.2, -0.15) is 0 Å². The lowest BCUT2D eigenvalue weighted by Gasteiger charge is -2.14. The highest BCUT2D eigenvalue weighted by Gasteiger charge is 2.23. The fourth-order valence-corrected chi connectivity index (χ4v) is 10.6. The van der Waals surface area contributed by atoms with Crippen LogP contribution < -0.4 is 0 Å². The Morgan fingerprint density at radius 1 is 0.364 bits per heavy atom. The largest absolute Gasteiger partial charge is 0.456 e. The van der Waals surface area contributed by atoms with E-state index in [0.717, 1.165) is 138 Å². The quantitative estimate of drug-likeness (QED) is 0.165. The van der Waals surface area contributed by atoms with Crippen molar-refractivity contribution in [2.75, 3.05) is 0 Å². The molecule has 0 radical (unpaired) electrons. The van der Waals surface area contributed by atoms with Gasteiger partial charge in [-0.1, -0.05) is 97.1 Å². The van der Waals surface area contributed by atoms with E-state index < -0.39 is 0 Å². The molecule has 0 bridgehead atoms. The molecule has 7 aromatic heterocycles. The van der Waals surface area contributed by atoms with Gasteiger partial charge in [0.25, 0.3) is 0 Å². The van der Waals surface area contributed by atoms with Crippen LogP contribution in [0, 0.1) is 0 Å². The highest BCUT2D eigenvalue weighted by Crippen LogP contribution is 2.43. The molecule has 7 nitrogen and oxygen atoms in total. The fraction of sp³-hybridized carbons (Fsp3) is 0. The summed E-state index contributed by atoms with van der Waals surface area (Å²) in [5.41, 5.74) is 14.3. The first-order chi connectivity index (χ1) is 32.7. The average Bonchev–Trinajstić information content (AvgIpc) is 4.13. The molecule has 0 saturated heterocycles. The molecular formula is C59H33N5O2. The molecule has 15 rings (SSSR count). The number of rotatable bonds is 4. The van der Waals surface area contributed by atoms with Crippen LogP contribution in [0.1, 0.15) is 0 Å². The van der Waals surface area contributed by atoms with E-state index >= 15 is 0 Å². The zero-order chi connectivity index (χ0) is 43.0. The Morgan fingerprint density at radius 2 is 0.939 bits per heavy atom. The summed E-state index contributed by atoms with van der Waals surface area (Å²) in [4.78, 5) is 15.7. The zero-order valence-electron chi connectivity index (χ0n) is 35.1. The maximum Gasteiger partial charge on any atom is 0.138 e. The van der Waals surface area contributed by atoms with Crippen LogP contribution in [0.3, 0.4) is 0 Å². The van der Waals surface area contributed by atoms with Crippen LogP contribution in [-0.2, 0) is 0 Å². The van der Waals surface area contributed by atoms with Gasteiger partial charge in [-0.3, -0.25) is 9.55 Å². The Labute approximate surface area is 375 Å². The molecule has 0 spiro atoms. The summed E-state index contributed by atoms with van der Waals surface area (Å²) in [7, 11) is 0. The predicted octanol–water partition coefficient (Wildman–Crippen LogP) is 15.5. The second-order valence-electron chi connectivity index (χ2n) is 17.2. The number of para-hydroxylation sites is 4. The van der Waals surface area contributed by atoms with E-state index in [0.29, 0.717) is 0 Å². The third-order valence-electron chi connectivity index (χ3n) is 13.5. The summed E-state index contributed by atoms with van der Waals surface area (Å²) in [6.07, 6.45) is 1.85. The molecule has 66 heavy (non-hydrogen) atoms. The van der Waals surface area contributed by atoms with E-state index in [1.807, 2.05) is 36.5 Å². The van der Waals surface area contributed by atoms with Gasteiger partial charge in [0.15, 0.2) is 0 Å². The summed E-state index contributed by atoms with van der Waals surface area (Å²) in [5, 5.41) is 11.0. The number of hydrogen-bond donors (Lipinski definition) is 0. The van der Waals surface area contributed by atoms with Gasteiger partial charge in [0, 0.05) is 71.2 Å². The Hall–Kier alpha value is -9.07. The maximum atomic E-state index is 6.28. The normalized spacial score (nSPS) is 12.2. The van der Waals surface area contributed by atoms with Gasteiger partial charge in [0.2, 0.25) is 0 Å². The SMILES string of the molecule is c1cnc2c(c1)ccc1ccc(-n3c4ccccc4c4ccc5c(c6ccccc6n5-c5cc(-c6ccc7oc8ccccc8c7c6)nc(-c6ccc7oc8ccccc8c7c6)c5)c43)nc12. The standard InChI is InChI=1S/C59H33N5O2/c1-5-15-48-39(11-1)42-24-25-50-56(59(42)64(48)55-28-23-35-20-19-34-10-9-29-60-57(34)58(35)62-55)43-14-2-6-16-49(43)63(50)38-32-46(36-21-26-53-44(30-36)40-12-3-7-17-51(40)65-53)61-47(33-38)37-22-27-54-45(31-37)41-13-4-8-18-52(41)66-54/h1-33H. The number of fused-ring (bicyclic) bond motifs is 16. The van der Waals surface area contributed by atoms with Crippen molar-refractivity contribution in [1.29, 1.82) is 0 Å². The molecule has 0 N–H and O–H groups in total. The summed E-state index contributed by atoms with van der Waals surface area (Å²) in [6.45, 7) is 0. The molecule has 0 saturated carbocycles. The first kappa shape index (κ1) is 35.4. The lowest BCUT2D eigenvalue weighted by molar-refractivity contribution is 0.668. The van der Waals surface area contributed by atoms with Crippen molar-refractivity contribution in [3.8, 4) is 34.0 Å². The van der Waals surface area contributed by atoms with E-state index in [1.54, 1.807) is 0 Å². The van der Waals surface area contributed by atoms with Crippen molar-refractivity contribution in [2.24, 2.45) is 0 Å². The third-order valence-corrected chi connectivity index (χ3v) is 13.5. The smallest absolute Gasteiger partial charge is 0.138 e. The second kappa shape index (κ2) is 13.2. The number of benzene rings is 8. The van der Waals surface area contributed by atoms with Gasteiger partial charge < -0.3 is 13.4 Å². The van der Waals surface area contributed by atoms with E-state index in [9.17, 15) is 0 Å². The first-order valence-corrected chi connectivity index (χ1v) is 22.2. The monoisotopic (exact) mass is 843 g/mol. The van der Waals surface area contributed by atoms with Crippen LogP contribution in [0.2, 0.25) is 0 Å². The van der Waals surface area contributed by atoms with Crippen LogP contribution in [0.5, 0.6) is 0 Å². The molecular weight excluding hydrogens is 811 g/mol. The van der Waals surface area contributed by atoms with Crippen LogP contribution >= 0.6 is 0 Å². The summed E-state index contributed by atoms with van der Waals surface area (Å²) >= 11 is 0. The predicted molar refractivity (Wildman–Crippen MR) is 269 cm³/mol. The third kappa shape index (κ3) is 4.99. The topological polar surface area (TPSA) is 74.8 Å². The Kier molecular flexibility index (Phi) is 7.10. The molecule has 0 aliphatic carbocycles. The van der Waals surface area contributed by atoms with E-state index in [4.69, 9.17) is 23.8 Å². The molecule has 0 amide bonds. The van der Waals surface area contributed by atoms with Gasteiger partial charge in [-0.05, 0) is 97.1 Å². The van der Waals surface area contributed by atoms with Crippen molar-refractivity contribution in [3.63, 3.8) is 0 Å². The molecule has 8 aromatic carbocycles. The summed E-state index contributed by atoms with van der Waals surface area (Å²) < 4.78 is 17.3. The Bertz CT molecular complexity index is 4420. The highest BCUT2D eigenvalue weighted by molar-refractivity contribution is 6.26. The Morgan fingerprint density at radius 3 is 1.64 bits per heavy atom. The van der Waals surface area contributed by atoms with Gasteiger partial charge in [-0.15, -0.1) is 0 Å². The minimum absolute atomic E-state index is 0.842. The minimum Gasteiger partial charge on any atom is -0.456 e. The molecule has 0 aliphatic heterocycles. The van der Waals surface area contributed by atoms with Crippen LogP contribution in [0.4, 0.5) is 0 Å². The van der Waals surface area contributed by atoms with Gasteiger partial charge in [0.1, 0.15) is 28.1 Å². The van der Waals surface area contributed by atoms with Crippen LogP contribution in [-0.4, -0.2) is 24.1 Å². The molecule has 7 heterocycles. The van der Waals surface area contributed by atoms with Crippen molar-refractivity contribution >= 4 is 109 Å².